The van der Waals surface area contributed by atoms with Crippen molar-refractivity contribution in [2.45, 2.75) is 0 Å². The first-order valence-electron chi connectivity index (χ1n) is 3.64. The summed E-state index contributed by atoms with van der Waals surface area (Å²) in [5.41, 5.74) is -0.339. The molecule has 0 saturated heterocycles. The molecule has 5 nitrogen and oxygen atoms in total. The van der Waals surface area contributed by atoms with E-state index < -0.39 is 11.9 Å². The van der Waals surface area contributed by atoms with Crippen LogP contribution in [-0.2, 0) is 12.6 Å². The number of carbonyl (C=O) groups is 2. The predicted molar refractivity (Wildman–Crippen MR) is 58.9 cm³/mol. The van der Waals surface area contributed by atoms with Gasteiger partial charge in [-0.1, -0.05) is 18.2 Å². The molecule has 1 N–H and O–H groups in total. The average Bonchev–Trinajstić information content (AvgIpc) is 2.21. The minimum Gasteiger partial charge on any atom is -0.870 e. The molecule has 0 aliphatic heterocycles. The Morgan fingerprint density at radius 3 is 1.62 bits per heavy atom. The van der Waals surface area contributed by atoms with Gasteiger partial charge < -0.3 is 25.3 Å². The molecule has 0 spiro atoms. The molecule has 0 unspecified atom stereocenters. The van der Waals surface area contributed by atoms with Gasteiger partial charge in [0.25, 0.3) is 0 Å². The largest absolute Gasteiger partial charge is 2.00 e. The smallest absolute Gasteiger partial charge is 0.870 e. The van der Waals surface area contributed by atoms with Gasteiger partial charge in [0.15, 0.2) is 0 Å². The molecule has 1 aromatic rings. The van der Waals surface area contributed by atoms with Crippen LogP contribution in [0.1, 0.15) is 20.7 Å². The third-order valence-corrected chi connectivity index (χ3v) is 1.33. The normalized spacial score (nSPS) is 7.38. The third kappa shape index (κ3) is 6.67. The van der Waals surface area contributed by atoms with Gasteiger partial charge in [-0.25, -0.2) is 0 Å². The molecule has 0 saturated carbocycles. The van der Waals surface area contributed by atoms with Crippen molar-refractivity contribution < 1.29 is 25.3 Å². The molecular weight excluding hydrogens is 244 g/mol. The van der Waals surface area contributed by atoms with Crippen LogP contribution in [0.3, 0.4) is 0 Å². The molecule has 1 aromatic carbocycles. The summed E-state index contributed by atoms with van der Waals surface area (Å²) in [5, 5.41) is 20.5. The van der Waals surface area contributed by atoms with Gasteiger partial charge in [0, 0.05) is 0 Å². The van der Waals surface area contributed by atoms with E-state index in [1.807, 2.05) is 0 Å². The molecule has 0 atom stereocenters. The van der Waals surface area contributed by atoms with Crippen LogP contribution in [0, 0.1) is 0 Å². The van der Waals surface area contributed by atoms with E-state index in [1.165, 1.54) is 18.2 Å². The fraction of sp³-hybridized carbons (Fsp3) is 0.111. The number of hydrogen-bond donors (Lipinski definition) is 0. The van der Waals surface area contributed by atoms with Crippen molar-refractivity contribution in [3.63, 3.8) is 0 Å². The number of carboxylic acid groups (broad SMARTS) is 2. The Bertz CT molecular complexity index is 313. The van der Waals surface area contributed by atoms with Crippen LogP contribution in [0.4, 0.5) is 0 Å². The number of benzene rings is 1. The number of rotatable bonds is 2. The molecule has 0 aliphatic rings. The van der Waals surface area contributed by atoms with E-state index in [1.54, 1.807) is 6.26 Å². The Balaban J connectivity index is -0.000000399. The van der Waals surface area contributed by atoms with Crippen LogP contribution < -0.4 is 10.2 Å². The van der Waals surface area contributed by atoms with E-state index in [4.69, 9.17) is 0 Å². The second-order valence-electron chi connectivity index (χ2n) is 2.16. The third-order valence-electron chi connectivity index (χ3n) is 1.33. The van der Waals surface area contributed by atoms with E-state index in [0.29, 0.717) is 0 Å². The number of carbonyl (C=O) groups excluding carboxylic acids is 2. The summed E-state index contributed by atoms with van der Waals surface area (Å²) >= 11 is 2.97. The summed E-state index contributed by atoms with van der Waals surface area (Å²) in [7, 11) is 0. The maximum atomic E-state index is 10.3. The van der Waals surface area contributed by atoms with Crippen LogP contribution in [0.5, 0.6) is 0 Å². The van der Waals surface area contributed by atoms with Crippen molar-refractivity contribution >= 4 is 47.6 Å². The zero-order valence-corrected chi connectivity index (χ0v) is 11.0. The van der Waals surface area contributed by atoms with Gasteiger partial charge in [0.05, 0.1) is 18.2 Å². The SMILES string of the molecule is C[SH2+].O=C([O-])c1cccc(C(=O)[O-])c1.[Mg+2].[OH-]. The Labute approximate surface area is 114 Å². The monoisotopic (exact) mass is 254 g/mol. The summed E-state index contributed by atoms with van der Waals surface area (Å²) in [6.07, 6.45) is 1.81. The average molecular weight is 255 g/mol. The van der Waals surface area contributed by atoms with Crippen LogP contribution in [-0.4, -0.2) is 46.7 Å². The van der Waals surface area contributed by atoms with Gasteiger partial charge in [-0.05, 0) is 29.8 Å². The Kier molecular flexibility index (Phi) is 13.8. The van der Waals surface area contributed by atoms with Crippen molar-refractivity contribution in [3.05, 3.63) is 35.4 Å². The molecule has 0 fully saturated rings. The van der Waals surface area contributed by atoms with Crippen molar-refractivity contribution in [2.24, 2.45) is 0 Å². The van der Waals surface area contributed by atoms with Gasteiger partial charge in [-0.15, -0.1) is 0 Å². The van der Waals surface area contributed by atoms with Crippen LogP contribution >= 0.6 is 0 Å². The Morgan fingerprint density at radius 2 is 1.38 bits per heavy atom. The predicted octanol–water partition coefficient (Wildman–Crippen LogP) is -2.52. The van der Waals surface area contributed by atoms with Crippen molar-refractivity contribution in [2.75, 3.05) is 6.26 Å². The minimum atomic E-state index is -1.40. The van der Waals surface area contributed by atoms with E-state index in [0.717, 1.165) is 6.07 Å². The van der Waals surface area contributed by atoms with Crippen molar-refractivity contribution in [3.8, 4) is 0 Å². The molecule has 1 rings (SSSR count). The summed E-state index contributed by atoms with van der Waals surface area (Å²) in [6, 6.07) is 4.81. The molecular formula is C9H10MgO5S. The molecule has 0 amide bonds. The first kappa shape index (κ1) is 20.6. The Morgan fingerprint density at radius 1 is 1.06 bits per heavy atom. The first-order chi connectivity index (χ1) is 6.61. The minimum absolute atomic E-state index is 0. The van der Waals surface area contributed by atoms with Gasteiger partial charge in [0.2, 0.25) is 0 Å². The topological polar surface area (TPSA) is 110 Å². The maximum absolute atomic E-state index is 10.3. The van der Waals surface area contributed by atoms with Crippen molar-refractivity contribution in [1.29, 1.82) is 0 Å². The van der Waals surface area contributed by atoms with E-state index in [9.17, 15) is 19.8 Å². The van der Waals surface area contributed by atoms with Gasteiger partial charge in [-0.3, -0.25) is 0 Å². The second kappa shape index (κ2) is 10.7. The summed E-state index contributed by atoms with van der Waals surface area (Å²) in [6.45, 7) is 0. The standard InChI is InChI=1S/C8H6O4.CH4S.Mg.H2O/c9-7(10)5-2-1-3-6(4-5)8(11)12;1-2;;/h1-4H,(H,9,10)(H,11,12);2H,1H3;;1H2/q;;+2;/p-2. The molecule has 0 bridgehead atoms. The quantitative estimate of drug-likeness (QED) is 0.427. The van der Waals surface area contributed by atoms with Crippen molar-refractivity contribution in [1.82, 2.24) is 0 Å². The zero-order chi connectivity index (χ0) is 11.1. The molecule has 0 radical (unpaired) electrons. The van der Waals surface area contributed by atoms with E-state index in [2.05, 4.69) is 12.6 Å². The number of hydrogen-bond acceptors (Lipinski definition) is 5. The maximum Gasteiger partial charge on any atom is 2.00 e. The van der Waals surface area contributed by atoms with Crippen LogP contribution in [0.25, 0.3) is 0 Å². The van der Waals surface area contributed by atoms with E-state index in [-0.39, 0.29) is 39.7 Å². The molecule has 7 heteroatoms. The number of aromatic carboxylic acids is 2. The van der Waals surface area contributed by atoms with E-state index >= 15 is 0 Å². The summed E-state index contributed by atoms with van der Waals surface area (Å²) in [4.78, 5) is 20.5. The summed E-state index contributed by atoms with van der Waals surface area (Å²) in [5.74, 6) is -2.81. The molecule has 0 aromatic heterocycles. The molecule has 16 heavy (non-hydrogen) atoms. The molecule has 0 aliphatic carbocycles. The first-order valence-corrected chi connectivity index (χ1v) is 4.64. The van der Waals surface area contributed by atoms with Gasteiger partial charge >= 0.3 is 23.1 Å². The fourth-order valence-electron chi connectivity index (χ4n) is 0.773. The Hall–Kier alpha value is -0.764. The van der Waals surface area contributed by atoms with Crippen LogP contribution in [0.2, 0.25) is 0 Å². The summed E-state index contributed by atoms with van der Waals surface area (Å²) < 4.78 is 0. The van der Waals surface area contributed by atoms with Gasteiger partial charge in [0.1, 0.15) is 0 Å². The molecule has 84 valence electrons. The number of carboxylic acids is 2. The fourth-order valence-corrected chi connectivity index (χ4v) is 0.773. The van der Waals surface area contributed by atoms with Gasteiger partial charge in [-0.2, -0.15) is 0 Å². The molecule has 0 heterocycles. The zero-order valence-electron chi connectivity index (χ0n) is 8.60. The second-order valence-corrected chi connectivity index (χ2v) is 2.16. The van der Waals surface area contributed by atoms with Crippen LogP contribution in [0.15, 0.2) is 24.3 Å².